The van der Waals surface area contributed by atoms with Gasteiger partial charge in [0.25, 0.3) is 5.91 Å². The molecule has 1 atom stereocenters. The van der Waals surface area contributed by atoms with E-state index in [2.05, 4.69) is 10.6 Å². The summed E-state index contributed by atoms with van der Waals surface area (Å²) in [5.74, 6) is -0.0697. The molecule has 0 saturated carbocycles. The number of thiophene rings is 1. The Kier molecular flexibility index (Phi) is 2.76. The van der Waals surface area contributed by atoms with Gasteiger partial charge in [-0.25, -0.2) is 0 Å². The predicted octanol–water partition coefficient (Wildman–Crippen LogP) is 3.56. The standard InChI is InChI=1S/C13H11ClN2OS/c1-7-2-3-10-9(6-7)13(17)16-12(15-10)8-4-5-18-11(8)14/h2-6,12,15H,1H3,(H,16,17). The van der Waals surface area contributed by atoms with Crippen molar-refractivity contribution in [1.82, 2.24) is 5.32 Å². The van der Waals surface area contributed by atoms with Gasteiger partial charge in [-0.1, -0.05) is 23.2 Å². The molecule has 92 valence electrons. The molecule has 0 aliphatic carbocycles. The Morgan fingerprint density at radius 1 is 1.28 bits per heavy atom. The number of hydrogen-bond acceptors (Lipinski definition) is 3. The van der Waals surface area contributed by atoms with E-state index >= 15 is 0 Å². The lowest BCUT2D eigenvalue weighted by molar-refractivity contribution is 0.0935. The van der Waals surface area contributed by atoms with Gasteiger partial charge in [-0.05, 0) is 30.5 Å². The highest BCUT2D eigenvalue weighted by Gasteiger charge is 2.26. The second kappa shape index (κ2) is 4.30. The summed E-state index contributed by atoms with van der Waals surface area (Å²) in [5.41, 5.74) is 3.49. The minimum atomic E-state index is -0.258. The van der Waals surface area contributed by atoms with E-state index < -0.39 is 0 Å². The molecule has 1 aromatic heterocycles. The maximum atomic E-state index is 12.1. The van der Waals surface area contributed by atoms with Gasteiger partial charge in [-0.3, -0.25) is 4.79 Å². The lowest BCUT2D eigenvalue weighted by Crippen LogP contribution is -2.38. The van der Waals surface area contributed by atoms with Crippen LogP contribution in [0.15, 0.2) is 29.6 Å². The molecule has 18 heavy (non-hydrogen) atoms. The molecule has 3 rings (SSSR count). The number of benzene rings is 1. The lowest BCUT2D eigenvalue weighted by atomic mass is 10.0. The van der Waals surface area contributed by atoms with Gasteiger partial charge in [0.05, 0.1) is 9.90 Å². The number of fused-ring (bicyclic) bond motifs is 1. The molecule has 3 nitrogen and oxygen atoms in total. The normalized spacial score (nSPS) is 17.9. The minimum Gasteiger partial charge on any atom is -0.361 e. The van der Waals surface area contributed by atoms with Crippen molar-refractivity contribution in [3.8, 4) is 0 Å². The molecule has 0 radical (unpaired) electrons. The van der Waals surface area contributed by atoms with Gasteiger partial charge in [-0.15, -0.1) is 11.3 Å². The summed E-state index contributed by atoms with van der Waals surface area (Å²) in [6.45, 7) is 1.97. The van der Waals surface area contributed by atoms with E-state index in [1.807, 2.05) is 36.6 Å². The Balaban J connectivity index is 2.00. The molecule has 2 N–H and O–H groups in total. The van der Waals surface area contributed by atoms with Crippen molar-refractivity contribution < 1.29 is 4.79 Å². The molecule has 5 heteroatoms. The van der Waals surface area contributed by atoms with Crippen LogP contribution in [0.2, 0.25) is 4.34 Å². The number of amides is 1. The third kappa shape index (κ3) is 1.87. The molecular formula is C13H11ClN2OS. The van der Waals surface area contributed by atoms with Crippen LogP contribution in [0.3, 0.4) is 0 Å². The monoisotopic (exact) mass is 278 g/mol. The molecule has 0 spiro atoms. The summed E-state index contributed by atoms with van der Waals surface area (Å²) < 4.78 is 0.698. The summed E-state index contributed by atoms with van der Waals surface area (Å²) >= 11 is 7.56. The van der Waals surface area contributed by atoms with E-state index in [1.54, 1.807) is 0 Å². The Bertz CT molecular complexity index is 623. The van der Waals surface area contributed by atoms with E-state index in [9.17, 15) is 4.79 Å². The molecule has 1 aromatic carbocycles. The number of anilines is 1. The summed E-state index contributed by atoms with van der Waals surface area (Å²) in [4.78, 5) is 12.1. The molecule has 1 aliphatic rings. The van der Waals surface area contributed by atoms with Gasteiger partial charge >= 0.3 is 0 Å². The highest BCUT2D eigenvalue weighted by Crippen LogP contribution is 2.33. The van der Waals surface area contributed by atoms with E-state index in [4.69, 9.17) is 11.6 Å². The van der Waals surface area contributed by atoms with Crippen LogP contribution in [0.5, 0.6) is 0 Å². The largest absolute Gasteiger partial charge is 0.361 e. The van der Waals surface area contributed by atoms with E-state index in [0.717, 1.165) is 16.8 Å². The first-order valence-electron chi connectivity index (χ1n) is 5.56. The number of hydrogen-bond donors (Lipinski definition) is 2. The zero-order chi connectivity index (χ0) is 12.7. The van der Waals surface area contributed by atoms with Crippen molar-refractivity contribution in [2.45, 2.75) is 13.1 Å². The Morgan fingerprint density at radius 2 is 2.11 bits per heavy atom. The van der Waals surface area contributed by atoms with Gasteiger partial charge in [0.15, 0.2) is 0 Å². The first kappa shape index (κ1) is 11.6. The van der Waals surface area contributed by atoms with Gasteiger partial charge in [0.2, 0.25) is 0 Å². The van der Waals surface area contributed by atoms with Crippen LogP contribution in [0.4, 0.5) is 5.69 Å². The number of rotatable bonds is 1. The first-order chi connectivity index (χ1) is 8.65. The Morgan fingerprint density at radius 3 is 2.83 bits per heavy atom. The van der Waals surface area contributed by atoms with Gasteiger partial charge in [0.1, 0.15) is 6.17 Å². The van der Waals surface area contributed by atoms with Gasteiger partial charge in [0, 0.05) is 11.3 Å². The van der Waals surface area contributed by atoms with Crippen LogP contribution in [-0.4, -0.2) is 5.91 Å². The van der Waals surface area contributed by atoms with Crippen molar-refractivity contribution in [2.24, 2.45) is 0 Å². The summed E-state index contributed by atoms with van der Waals surface area (Å²) in [7, 11) is 0. The fourth-order valence-electron chi connectivity index (χ4n) is 2.04. The average molecular weight is 279 g/mol. The fourth-order valence-corrected chi connectivity index (χ4v) is 3.02. The van der Waals surface area contributed by atoms with Crippen molar-refractivity contribution in [3.05, 3.63) is 50.7 Å². The Labute approximate surface area is 114 Å². The SMILES string of the molecule is Cc1ccc2c(c1)C(=O)NC(c1ccsc1Cl)N2. The van der Waals surface area contributed by atoms with Crippen molar-refractivity contribution >= 4 is 34.5 Å². The quantitative estimate of drug-likeness (QED) is 0.837. The van der Waals surface area contributed by atoms with Crippen molar-refractivity contribution in [2.75, 3.05) is 5.32 Å². The number of halogens is 1. The average Bonchev–Trinajstić information content (AvgIpc) is 2.76. The topological polar surface area (TPSA) is 41.1 Å². The molecule has 0 saturated heterocycles. The van der Waals surface area contributed by atoms with Crippen LogP contribution < -0.4 is 10.6 Å². The molecule has 2 heterocycles. The summed E-state index contributed by atoms with van der Waals surface area (Å²) in [5, 5.41) is 8.12. The van der Waals surface area contributed by atoms with E-state index in [-0.39, 0.29) is 12.1 Å². The minimum absolute atomic E-state index is 0.0697. The predicted molar refractivity (Wildman–Crippen MR) is 74.3 cm³/mol. The van der Waals surface area contributed by atoms with Crippen LogP contribution in [0.1, 0.15) is 27.7 Å². The maximum absolute atomic E-state index is 12.1. The van der Waals surface area contributed by atoms with Gasteiger partial charge in [-0.2, -0.15) is 0 Å². The molecular weight excluding hydrogens is 268 g/mol. The highest BCUT2D eigenvalue weighted by molar-refractivity contribution is 7.14. The first-order valence-corrected chi connectivity index (χ1v) is 6.82. The van der Waals surface area contributed by atoms with Crippen LogP contribution in [-0.2, 0) is 0 Å². The lowest BCUT2D eigenvalue weighted by Gasteiger charge is -2.28. The van der Waals surface area contributed by atoms with Crippen LogP contribution >= 0.6 is 22.9 Å². The smallest absolute Gasteiger partial charge is 0.255 e. The molecule has 0 fully saturated rings. The number of nitrogens with one attached hydrogen (secondary N) is 2. The third-order valence-corrected chi connectivity index (χ3v) is 4.15. The van der Waals surface area contributed by atoms with E-state index in [1.165, 1.54) is 11.3 Å². The number of carbonyl (C=O) groups excluding carboxylic acids is 1. The zero-order valence-corrected chi connectivity index (χ0v) is 11.2. The highest BCUT2D eigenvalue weighted by atomic mass is 35.5. The molecule has 1 amide bonds. The second-order valence-corrected chi connectivity index (χ2v) is 5.77. The van der Waals surface area contributed by atoms with Crippen molar-refractivity contribution in [1.29, 1.82) is 0 Å². The molecule has 0 bridgehead atoms. The molecule has 1 aliphatic heterocycles. The number of aryl methyl sites for hydroxylation is 1. The fraction of sp³-hybridized carbons (Fsp3) is 0.154. The van der Waals surface area contributed by atoms with Gasteiger partial charge < -0.3 is 10.6 Å². The number of carbonyl (C=O) groups is 1. The zero-order valence-electron chi connectivity index (χ0n) is 9.66. The third-order valence-electron chi connectivity index (χ3n) is 2.95. The van der Waals surface area contributed by atoms with Crippen LogP contribution in [0.25, 0.3) is 0 Å². The van der Waals surface area contributed by atoms with Crippen LogP contribution in [0, 0.1) is 6.92 Å². The molecule has 1 unspecified atom stereocenters. The Hall–Kier alpha value is -1.52. The van der Waals surface area contributed by atoms with E-state index in [0.29, 0.717) is 9.90 Å². The second-order valence-electron chi connectivity index (χ2n) is 4.25. The summed E-state index contributed by atoms with van der Waals surface area (Å²) in [6, 6.07) is 7.71. The molecule has 2 aromatic rings. The van der Waals surface area contributed by atoms with Crippen molar-refractivity contribution in [3.63, 3.8) is 0 Å². The summed E-state index contributed by atoms with van der Waals surface area (Å²) in [6.07, 6.45) is -0.258. The maximum Gasteiger partial charge on any atom is 0.255 e.